The molecule has 0 fully saturated rings. The number of ether oxygens (including phenoxy) is 1. The van der Waals surface area contributed by atoms with Crippen LogP contribution < -0.4 is 21.3 Å². The highest BCUT2D eigenvalue weighted by atomic mass is 16.5. The summed E-state index contributed by atoms with van der Waals surface area (Å²) in [6, 6.07) is 6.69. The Morgan fingerprint density at radius 1 is 1.14 bits per heavy atom. The van der Waals surface area contributed by atoms with Crippen LogP contribution in [-0.2, 0) is 14.1 Å². The van der Waals surface area contributed by atoms with Crippen molar-refractivity contribution in [2.45, 2.75) is 0 Å². The number of methoxy groups -OCH3 is 1. The molecule has 0 spiro atoms. The first-order valence-corrected chi connectivity index (χ1v) is 6.16. The third-order valence-corrected chi connectivity index (χ3v) is 3.04. The third-order valence-electron chi connectivity index (χ3n) is 3.04. The van der Waals surface area contributed by atoms with E-state index < -0.39 is 17.2 Å². The first-order valence-electron chi connectivity index (χ1n) is 6.16. The van der Waals surface area contributed by atoms with Crippen molar-refractivity contribution in [3.8, 4) is 5.75 Å². The van der Waals surface area contributed by atoms with Gasteiger partial charge in [-0.05, 0) is 24.3 Å². The molecule has 1 amide bonds. The molecule has 7 heteroatoms. The predicted molar refractivity (Wildman–Crippen MR) is 77.9 cm³/mol. The van der Waals surface area contributed by atoms with Gasteiger partial charge in [0.2, 0.25) is 0 Å². The third kappa shape index (κ3) is 2.86. The van der Waals surface area contributed by atoms with Crippen molar-refractivity contribution in [2.24, 2.45) is 14.1 Å². The summed E-state index contributed by atoms with van der Waals surface area (Å²) >= 11 is 0. The van der Waals surface area contributed by atoms with Gasteiger partial charge in [-0.25, -0.2) is 4.79 Å². The van der Waals surface area contributed by atoms with Crippen molar-refractivity contribution in [1.29, 1.82) is 0 Å². The van der Waals surface area contributed by atoms with E-state index in [-0.39, 0.29) is 5.56 Å². The van der Waals surface area contributed by atoms with E-state index in [9.17, 15) is 14.4 Å². The van der Waals surface area contributed by atoms with E-state index in [0.717, 1.165) is 4.57 Å². The Hall–Kier alpha value is -2.83. The highest BCUT2D eigenvalue weighted by molar-refractivity contribution is 6.03. The van der Waals surface area contributed by atoms with Crippen LogP contribution in [0.15, 0.2) is 40.1 Å². The number of aryl methyl sites for hydroxylation is 1. The number of nitrogens with zero attached hydrogens (tertiary/aromatic N) is 2. The Bertz CT molecular complexity index is 787. The zero-order chi connectivity index (χ0) is 15.6. The maximum Gasteiger partial charge on any atom is 0.330 e. The smallest absolute Gasteiger partial charge is 0.330 e. The van der Waals surface area contributed by atoms with Gasteiger partial charge in [0.25, 0.3) is 11.5 Å². The molecule has 1 N–H and O–H groups in total. The first-order chi connectivity index (χ1) is 9.93. The molecule has 1 aromatic heterocycles. The lowest BCUT2D eigenvalue weighted by molar-refractivity contribution is 0.102. The number of benzene rings is 1. The number of hydrogen-bond donors (Lipinski definition) is 1. The van der Waals surface area contributed by atoms with E-state index in [1.54, 1.807) is 31.4 Å². The molecule has 0 saturated carbocycles. The molecule has 2 rings (SSSR count). The van der Waals surface area contributed by atoms with E-state index >= 15 is 0 Å². The summed E-state index contributed by atoms with van der Waals surface area (Å²) in [6.45, 7) is 0. The highest BCUT2D eigenvalue weighted by Gasteiger charge is 2.14. The van der Waals surface area contributed by atoms with Crippen LogP contribution >= 0.6 is 0 Å². The van der Waals surface area contributed by atoms with E-state index in [2.05, 4.69) is 5.32 Å². The molecule has 1 aromatic carbocycles. The number of aromatic nitrogens is 2. The lowest BCUT2D eigenvalue weighted by Gasteiger charge is -2.08. The molecule has 21 heavy (non-hydrogen) atoms. The molecule has 0 aliphatic heterocycles. The normalized spacial score (nSPS) is 10.2. The van der Waals surface area contributed by atoms with Crippen LogP contribution in [0.2, 0.25) is 0 Å². The van der Waals surface area contributed by atoms with Crippen LogP contribution in [-0.4, -0.2) is 22.2 Å². The lowest BCUT2D eigenvalue weighted by atomic mass is 10.2. The first kappa shape index (κ1) is 14.6. The monoisotopic (exact) mass is 289 g/mol. The van der Waals surface area contributed by atoms with Gasteiger partial charge in [0.1, 0.15) is 11.3 Å². The van der Waals surface area contributed by atoms with Crippen LogP contribution in [0.3, 0.4) is 0 Å². The predicted octanol–water partition coefficient (Wildman–Crippen LogP) is 0.345. The minimum atomic E-state index is -0.635. The van der Waals surface area contributed by atoms with Gasteiger partial charge in [-0.3, -0.25) is 14.2 Å². The molecule has 0 bridgehead atoms. The Balaban J connectivity index is 2.32. The maximum absolute atomic E-state index is 12.1. The van der Waals surface area contributed by atoms with E-state index in [1.807, 2.05) is 0 Å². The van der Waals surface area contributed by atoms with Crippen molar-refractivity contribution >= 4 is 11.6 Å². The Labute approximate surface area is 120 Å². The Morgan fingerprint density at radius 3 is 2.33 bits per heavy atom. The highest BCUT2D eigenvalue weighted by Crippen LogP contribution is 2.15. The van der Waals surface area contributed by atoms with Crippen LogP contribution in [0, 0.1) is 0 Å². The lowest BCUT2D eigenvalue weighted by Crippen LogP contribution is -2.40. The number of amides is 1. The summed E-state index contributed by atoms with van der Waals surface area (Å²) in [5.41, 5.74) is -0.697. The van der Waals surface area contributed by atoms with Crippen molar-refractivity contribution in [3.05, 3.63) is 56.9 Å². The number of nitrogens with one attached hydrogen (secondary N) is 1. The minimum Gasteiger partial charge on any atom is -0.497 e. The second kappa shape index (κ2) is 5.66. The van der Waals surface area contributed by atoms with Crippen LogP contribution in [0.25, 0.3) is 0 Å². The number of hydrogen-bond acceptors (Lipinski definition) is 4. The zero-order valence-electron chi connectivity index (χ0n) is 11.9. The van der Waals surface area contributed by atoms with Gasteiger partial charge in [0.05, 0.1) is 7.11 Å². The summed E-state index contributed by atoms with van der Waals surface area (Å²) in [7, 11) is 4.35. The molecule has 110 valence electrons. The molecule has 0 aliphatic rings. The van der Waals surface area contributed by atoms with Gasteiger partial charge in [0, 0.05) is 26.0 Å². The van der Waals surface area contributed by atoms with Crippen LogP contribution in [0.5, 0.6) is 5.75 Å². The standard InChI is InChI=1S/C14H15N3O4/c1-16-8-11(13(19)17(2)14(16)20)12(18)15-9-4-6-10(21-3)7-5-9/h4-8H,1-3H3,(H,15,18). The fraction of sp³-hybridized carbons (Fsp3) is 0.214. The van der Waals surface area contributed by atoms with Gasteiger partial charge in [-0.1, -0.05) is 0 Å². The second-order valence-electron chi connectivity index (χ2n) is 4.48. The van der Waals surface area contributed by atoms with Gasteiger partial charge in [-0.2, -0.15) is 0 Å². The minimum absolute atomic E-state index is 0.101. The fourth-order valence-corrected chi connectivity index (χ4v) is 1.84. The molecule has 0 unspecified atom stereocenters. The fourth-order valence-electron chi connectivity index (χ4n) is 1.84. The van der Waals surface area contributed by atoms with Gasteiger partial charge in [-0.15, -0.1) is 0 Å². The molecular weight excluding hydrogens is 274 g/mol. The topological polar surface area (TPSA) is 82.3 Å². The van der Waals surface area contributed by atoms with Crippen molar-refractivity contribution in [2.75, 3.05) is 12.4 Å². The average Bonchev–Trinajstić information content (AvgIpc) is 2.49. The molecule has 0 atom stereocenters. The quantitative estimate of drug-likeness (QED) is 0.883. The molecule has 1 heterocycles. The van der Waals surface area contributed by atoms with Crippen LogP contribution in [0.1, 0.15) is 10.4 Å². The van der Waals surface area contributed by atoms with E-state index in [4.69, 9.17) is 4.74 Å². The molecule has 0 aliphatic carbocycles. The summed E-state index contributed by atoms with van der Waals surface area (Å²) in [5.74, 6) is 0.0855. The Morgan fingerprint density at radius 2 is 1.76 bits per heavy atom. The largest absolute Gasteiger partial charge is 0.497 e. The SMILES string of the molecule is COc1ccc(NC(=O)c2cn(C)c(=O)n(C)c2=O)cc1. The summed E-state index contributed by atoms with van der Waals surface area (Å²) in [6.07, 6.45) is 1.23. The van der Waals surface area contributed by atoms with Crippen molar-refractivity contribution < 1.29 is 9.53 Å². The Kier molecular flexibility index (Phi) is 3.93. The molecule has 0 radical (unpaired) electrons. The number of carbonyl (C=O) groups excluding carboxylic acids is 1. The van der Waals surface area contributed by atoms with E-state index in [1.165, 1.54) is 24.9 Å². The van der Waals surface area contributed by atoms with Crippen LogP contribution in [0.4, 0.5) is 5.69 Å². The van der Waals surface area contributed by atoms with Gasteiger partial charge in [0.15, 0.2) is 0 Å². The number of anilines is 1. The summed E-state index contributed by atoms with van der Waals surface area (Å²) < 4.78 is 7.10. The van der Waals surface area contributed by atoms with Gasteiger partial charge >= 0.3 is 5.69 Å². The molecule has 2 aromatic rings. The van der Waals surface area contributed by atoms with Crippen molar-refractivity contribution in [3.63, 3.8) is 0 Å². The number of rotatable bonds is 3. The molecular formula is C14H15N3O4. The summed E-state index contributed by atoms with van der Waals surface area (Å²) in [4.78, 5) is 35.7. The second-order valence-corrected chi connectivity index (χ2v) is 4.48. The molecule has 7 nitrogen and oxygen atoms in total. The molecule has 0 saturated heterocycles. The zero-order valence-corrected chi connectivity index (χ0v) is 11.9. The average molecular weight is 289 g/mol. The van der Waals surface area contributed by atoms with Crippen molar-refractivity contribution in [1.82, 2.24) is 9.13 Å². The maximum atomic E-state index is 12.1. The van der Waals surface area contributed by atoms with E-state index in [0.29, 0.717) is 11.4 Å². The number of carbonyl (C=O) groups is 1. The van der Waals surface area contributed by atoms with Gasteiger partial charge < -0.3 is 14.6 Å². The summed E-state index contributed by atoms with van der Waals surface area (Å²) in [5, 5.41) is 2.60.